The van der Waals surface area contributed by atoms with Gasteiger partial charge in [-0.05, 0) is 6.92 Å². The monoisotopic (exact) mass is 315 g/mol. The van der Waals surface area contributed by atoms with E-state index in [2.05, 4.69) is 23.0 Å². The maximum atomic E-state index is 12.6. The van der Waals surface area contributed by atoms with Crippen LogP contribution in [0.15, 0.2) is 0 Å². The average Bonchev–Trinajstić information content (AvgIpc) is 2.61. The van der Waals surface area contributed by atoms with Crippen LogP contribution in [0, 0.1) is 6.92 Å². The predicted molar refractivity (Wildman–Crippen MR) is 68.5 cm³/mol. The molecule has 0 bridgehead atoms. The zero-order chi connectivity index (χ0) is 14.6. The highest BCUT2D eigenvalue weighted by atomic mass is 35.5. The van der Waals surface area contributed by atoms with Crippen LogP contribution >= 0.6 is 24.2 Å². The Kier molecular flexibility index (Phi) is 5.54. The maximum Gasteiger partial charge on any atom is 0.436 e. The Morgan fingerprint density at radius 3 is 2.63 bits per heavy atom. The van der Waals surface area contributed by atoms with Crippen LogP contribution in [-0.4, -0.2) is 28.0 Å². The van der Waals surface area contributed by atoms with Crippen LogP contribution in [0.2, 0.25) is 5.02 Å². The molecule has 0 fully saturated rings. The maximum absolute atomic E-state index is 12.6. The molecule has 0 saturated heterocycles. The summed E-state index contributed by atoms with van der Waals surface area (Å²) < 4.78 is 38.8. The van der Waals surface area contributed by atoms with E-state index in [-0.39, 0.29) is 24.6 Å². The number of aryl methyl sites for hydroxylation is 1. The molecule has 0 radical (unpaired) electrons. The minimum Gasteiger partial charge on any atom is -0.355 e. The van der Waals surface area contributed by atoms with E-state index in [4.69, 9.17) is 11.6 Å². The van der Waals surface area contributed by atoms with Gasteiger partial charge in [-0.15, -0.1) is 0 Å². The van der Waals surface area contributed by atoms with Gasteiger partial charge in [-0.3, -0.25) is 9.48 Å². The third-order valence-electron chi connectivity index (χ3n) is 2.39. The molecule has 0 unspecified atom stereocenters. The van der Waals surface area contributed by atoms with Gasteiger partial charge in [0.2, 0.25) is 5.91 Å². The topological polar surface area (TPSA) is 46.9 Å². The fraction of sp³-hybridized carbons (Fsp3) is 0.600. The molecular weight excluding hydrogens is 303 g/mol. The molecule has 0 aromatic carbocycles. The second-order valence-corrected chi connectivity index (χ2v) is 4.62. The van der Waals surface area contributed by atoms with Crippen molar-refractivity contribution in [3.05, 3.63) is 16.4 Å². The van der Waals surface area contributed by atoms with E-state index in [0.717, 1.165) is 4.68 Å². The third-order valence-corrected chi connectivity index (χ3v) is 3.06. The zero-order valence-corrected chi connectivity index (χ0v) is 11.7. The van der Waals surface area contributed by atoms with Crippen molar-refractivity contribution in [1.82, 2.24) is 15.1 Å². The first-order chi connectivity index (χ1) is 8.77. The average molecular weight is 316 g/mol. The largest absolute Gasteiger partial charge is 0.436 e. The van der Waals surface area contributed by atoms with Crippen LogP contribution in [0.5, 0.6) is 0 Å². The number of carbonyl (C=O) groups excluding carboxylic acids is 1. The summed E-state index contributed by atoms with van der Waals surface area (Å²) in [6, 6.07) is 0. The van der Waals surface area contributed by atoms with Gasteiger partial charge in [-0.1, -0.05) is 11.6 Å². The van der Waals surface area contributed by atoms with Crippen molar-refractivity contribution in [2.45, 2.75) is 26.1 Å². The van der Waals surface area contributed by atoms with Crippen LogP contribution in [-0.2, 0) is 17.5 Å². The molecule has 4 nitrogen and oxygen atoms in total. The van der Waals surface area contributed by atoms with E-state index in [9.17, 15) is 18.0 Å². The molecule has 9 heteroatoms. The number of amides is 1. The van der Waals surface area contributed by atoms with Gasteiger partial charge in [0.25, 0.3) is 0 Å². The molecule has 0 spiro atoms. The van der Waals surface area contributed by atoms with E-state index in [1.165, 1.54) is 6.92 Å². The number of thiol groups is 1. The number of alkyl halides is 3. The molecule has 0 aliphatic carbocycles. The molecule has 0 atom stereocenters. The summed E-state index contributed by atoms with van der Waals surface area (Å²) in [5, 5.41) is 5.53. The number of carbonyl (C=O) groups is 1. The van der Waals surface area contributed by atoms with Crippen molar-refractivity contribution < 1.29 is 18.0 Å². The quantitative estimate of drug-likeness (QED) is 0.819. The van der Waals surface area contributed by atoms with Crippen LogP contribution in [0.3, 0.4) is 0 Å². The van der Waals surface area contributed by atoms with Gasteiger partial charge in [0, 0.05) is 18.7 Å². The van der Waals surface area contributed by atoms with Crippen LogP contribution in [0.1, 0.15) is 17.8 Å². The molecule has 1 aromatic heterocycles. The molecule has 1 rings (SSSR count). The second-order valence-electron chi connectivity index (χ2n) is 3.79. The lowest BCUT2D eigenvalue weighted by molar-refractivity contribution is -0.141. The van der Waals surface area contributed by atoms with Crippen LogP contribution in [0.4, 0.5) is 13.2 Å². The first kappa shape index (κ1) is 16.2. The zero-order valence-electron chi connectivity index (χ0n) is 10.1. The van der Waals surface area contributed by atoms with E-state index >= 15 is 0 Å². The van der Waals surface area contributed by atoms with Crippen LogP contribution < -0.4 is 5.32 Å². The van der Waals surface area contributed by atoms with E-state index in [0.29, 0.717) is 12.3 Å². The fourth-order valence-electron chi connectivity index (χ4n) is 1.41. The van der Waals surface area contributed by atoms with Crippen molar-refractivity contribution >= 4 is 30.1 Å². The Balaban J connectivity index is 2.73. The normalized spacial score (nSPS) is 11.7. The summed E-state index contributed by atoms with van der Waals surface area (Å²) in [5.41, 5.74) is -0.932. The minimum absolute atomic E-state index is 0.0317. The highest BCUT2D eigenvalue weighted by Gasteiger charge is 2.38. The Morgan fingerprint density at radius 1 is 1.53 bits per heavy atom. The fourth-order valence-corrected chi connectivity index (χ4v) is 1.77. The van der Waals surface area contributed by atoms with E-state index < -0.39 is 16.9 Å². The van der Waals surface area contributed by atoms with Crippen molar-refractivity contribution in [2.75, 3.05) is 12.3 Å². The number of rotatable bonds is 5. The lowest BCUT2D eigenvalue weighted by Gasteiger charge is -2.05. The molecule has 1 heterocycles. The number of halogens is 4. The highest BCUT2D eigenvalue weighted by Crippen LogP contribution is 2.35. The lowest BCUT2D eigenvalue weighted by atomic mass is 10.3. The summed E-state index contributed by atoms with van der Waals surface area (Å²) in [6.07, 6.45) is -4.56. The van der Waals surface area contributed by atoms with Gasteiger partial charge in [0.15, 0.2) is 5.69 Å². The number of aromatic nitrogens is 2. The molecular formula is C10H13ClF3N3OS. The second kappa shape index (κ2) is 6.51. The number of nitrogens with one attached hydrogen (secondary N) is 1. The van der Waals surface area contributed by atoms with Gasteiger partial charge < -0.3 is 5.32 Å². The summed E-state index contributed by atoms with van der Waals surface area (Å²) >= 11 is 9.51. The van der Waals surface area contributed by atoms with Crippen molar-refractivity contribution in [1.29, 1.82) is 0 Å². The molecule has 19 heavy (non-hydrogen) atoms. The van der Waals surface area contributed by atoms with Crippen LogP contribution in [0.25, 0.3) is 0 Å². The van der Waals surface area contributed by atoms with Crippen molar-refractivity contribution in [3.63, 3.8) is 0 Å². The Bertz CT molecular complexity index is 462. The Labute approximate surface area is 118 Å². The summed E-state index contributed by atoms with van der Waals surface area (Å²) in [6.45, 7) is 1.88. The van der Waals surface area contributed by atoms with Gasteiger partial charge in [0.05, 0.1) is 17.3 Å². The van der Waals surface area contributed by atoms with Gasteiger partial charge in [0.1, 0.15) is 0 Å². The molecule has 1 aromatic rings. The predicted octanol–water partition coefficient (Wildman–Crippen LogP) is 2.30. The van der Waals surface area contributed by atoms with Gasteiger partial charge in [-0.25, -0.2) is 0 Å². The first-order valence-corrected chi connectivity index (χ1v) is 6.46. The Morgan fingerprint density at radius 2 is 2.16 bits per heavy atom. The van der Waals surface area contributed by atoms with Crippen molar-refractivity contribution in [2.24, 2.45) is 0 Å². The molecule has 0 aliphatic heterocycles. The summed E-state index contributed by atoms with van der Waals surface area (Å²) in [7, 11) is 0. The van der Waals surface area contributed by atoms with E-state index in [1.54, 1.807) is 0 Å². The summed E-state index contributed by atoms with van der Waals surface area (Å²) in [4.78, 5) is 11.3. The molecule has 1 amide bonds. The minimum atomic E-state index is -4.60. The molecule has 0 aliphatic rings. The SMILES string of the molecule is Cc1c(Cl)c(C(F)(F)F)nn1CCC(=O)NCCS. The molecule has 0 saturated carbocycles. The van der Waals surface area contributed by atoms with Gasteiger partial charge >= 0.3 is 6.18 Å². The molecule has 108 valence electrons. The number of nitrogens with zero attached hydrogens (tertiary/aromatic N) is 2. The third kappa shape index (κ3) is 4.31. The highest BCUT2D eigenvalue weighted by molar-refractivity contribution is 7.80. The lowest BCUT2D eigenvalue weighted by Crippen LogP contribution is -2.26. The first-order valence-electron chi connectivity index (χ1n) is 5.45. The number of hydrogen-bond donors (Lipinski definition) is 2. The Hall–Kier alpha value is -0.890. The standard InChI is InChI=1S/C10H13ClF3N3OS/c1-6-8(11)9(10(12,13)14)16-17(6)4-2-7(18)15-3-5-19/h19H,2-5H2,1H3,(H,15,18). The van der Waals surface area contributed by atoms with E-state index in [1.807, 2.05) is 0 Å². The molecule has 1 N–H and O–H groups in total. The number of hydrogen-bond acceptors (Lipinski definition) is 3. The summed E-state index contributed by atoms with van der Waals surface area (Å²) in [5.74, 6) is 0.227. The smallest absolute Gasteiger partial charge is 0.355 e. The van der Waals surface area contributed by atoms with Gasteiger partial charge in [-0.2, -0.15) is 30.9 Å². The van der Waals surface area contributed by atoms with Crippen molar-refractivity contribution in [3.8, 4) is 0 Å².